The van der Waals surface area contributed by atoms with E-state index in [4.69, 9.17) is 9.47 Å². The van der Waals surface area contributed by atoms with Crippen LogP contribution in [0.25, 0.3) is 0 Å². The van der Waals surface area contributed by atoms with Crippen LogP contribution in [0.15, 0.2) is 42.7 Å². The second-order valence-electron chi connectivity index (χ2n) is 8.01. The molecule has 1 N–H and O–H groups in total. The maximum absolute atomic E-state index is 13.6. The van der Waals surface area contributed by atoms with E-state index in [9.17, 15) is 14.3 Å². The summed E-state index contributed by atoms with van der Waals surface area (Å²) in [5.74, 6) is -0.867. The van der Waals surface area contributed by atoms with Crippen molar-refractivity contribution in [3.05, 3.63) is 59.7 Å². The molecule has 1 aromatic carbocycles. The van der Waals surface area contributed by atoms with Gasteiger partial charge in [-0.25, -0.2) is 4.39 Å². The number of carbonyl (C=O) groups is 1. The van der Waals surface area contributed by atoms with E-state index >= 15 is 0 Å². The highest BCUT2D eigenvalue weighted by Gasteiger charge is 2.52. The Morgan fingerprint density at radius 2 is 1.90 bits per heavy atom. The number of piperidine rings is 1. The lowest BCUT2D eigenvalue weighted by molar-refractivity contribution is -0.184. The van der Waals surface area contributed by atoms with Crippen molar-refractivity contribution in [2.24, 2.45) is 0 Å². The summed E-state index contributed by atoms with van der Waals surface area (Å²) < 4.78 is 24.5. The van der Waals surface area contributed by atoms with E-state index in [1.54, 1.807) is 31.6 Å². The highest BCUT2D eigenvalue weighted by atomic mass is 19.1. The molecular formula is C23H28FN3O4. The van der Waals surface area contributed by atoms with Gasteiger partial charge in [0.2, 0.25) is 0 Å². The van der Waals surface area contributed by atoms with Crippen LogP contribution in [-0.2, 0) is 20.8 Å². The Kier molecular flexibility index (Phi) is 6.80. The van der Waals surface area contributed by atoms with Crippen molar-refractivity contribution in [2.75, 3.05) is 33.4 Å². The lowest BCUT2D eigenvalue weighted by Gasteiger charge is -2.52. The van der Waals surface area contributed by atoms with Crippen molar-refractivity contribution in [3.63, 3.8) is 0 Å². The third-order valence-electron chi connectivity index (χ3n) is 6.13. The van der Waals surface area contributed by atoms with Gasteiger partial charge in [-0.15, -0.1) is 0 Å². The van der Waals surface area contributed by atoms with E-state index in [0.717, 1.165) is 31.5 Å². The molecule has 7 nitrogen and oxygen atoms in total. The maximum atomic E-state index is 13.6. The van der Waals surface area contributed by atoms with Gasteiger partial charge in [0.15, 0.2) is 17.7 Å². The van der Waals surface area contributed by atoms with Crippen molar-refractivity contribution in [1.29, 1.82) is 0 Å². The van der Waals surface area contributed by atoms with Crippen LogP contribution < -0.4 is 0 Å². The number of benzene rings is 1. The Hall–Kier alpha value is -2.55. The number of amides is 1. The number of para-hydroxylation sites is 1. The van der Waals surface area contributed by atoms with Gasteiger partial charge in [-0.2, -0.15) is 0 Å². The molecule has 3 heterocycles. The van der Waals surface area contributed by atoms with Crippen molar-refractivity contribution in [2.45, 2.75) is 37.6 Å². The minimum absolute atomic E-state index is 0.0131. The van der Waals surface area contributed by atoms with E-state index in [2.05, 4.69) is 9.88 Å². The van der Waals surface area contributed by atoms with Crippen molar-refractivity contribution < 1.29 is 23.8 Å². The number of ether oxygens (including phenoxy) is 2. The molecule has 2 fully saturated rings. The van der Waals surface area contributed by atoms with Crippen LogP contribution in [-0.4, -0.2) is 71.4 Å². The van der Waals surface area contributed by atoms with Gasteiger partial charge in [-0.05, 0) is 36.6 Å². The molecule has 0 saturated carbocycles. The van der Waals surface area contributed by atoms with E-state index in [1.807, 2.05) is 17.0 Å². The fourth-order valence-electron chi connectivity index (χ4n) is 4.49. The van der Waals surface area contributed by atoms with Gasteiger partial charge in [0, 0.05) is 50.7 Å². The van der Waals surface area contributed by atoms with E-state index in [0.29, 0.717) is 25.3 Å². The number of phenols is 1. The molecule has 2 unspecified atom stereocenters. The molecule has 1 aromatic heterocycles. The first-order chi connectivity index (χ1) is 15.1. The van der Waals surface area contributed by atoms with Crippen LogP contribution in [0, 0.1) is 5.82 Å². The highest BCUT2D eigenvalue weighted by Crippen LogP contribution is 2.41. The summed E-state index contributed by atoms with van der Waals surface area (Å²) in [6.45, 7) is 2.84. The van der Waals surface area contributed by atoms with Crippen LogP contribution in [0.4, 0.5) is 4.39 Å². The normalized spacial score (nSPS) is 22.5. The second kappa shape index (κ2) is 9.72. The van der Waals surface area contributed by atoms with E-state index in [1.165, 1.54) is 6.07 Å². The van der Waals surface area contributed by atoms with Crippen molar-refractivity contribution in [3.8, 4) is 5.75 Å². The SMILES string of the molecule is COCCOC1C(=O)N(C2CCN(Cc3cccc(F)c3O)CC2)C1c1ccncc1. The number of rotatable bonds is 8. The van der Waals surface area contributed by atoms with Crippen LogP contribution in [0.1, 0.15) is 30.0 Å². The Morgan fingerprint density at radius 1 is 1.16 bits per heavy atom. The third kappa shape index (κ3) is 4.56. The highest BCUT2D eigenvalue weighted by molar-refractivity contribution is 5.89. The van der Waals surface area contributed by atoms with Crippen LogP contribution in [0.2, 0.25) is 0 Å². The van der Waals surface area contributed by atoms with Gasteiger partial charge < -0.3 is 19.5 Å². The minimum Gasteiger partial charge on any atom is -0.505 e. The number of carbonyl (C=O) groups excluding carboxylic acids is 1. The summed E-state index contributed by atoms with van der Waals surface area (Å²) in [7, 11) is 1.61. The van der Waals surface area contributed by atoms with Gasteiger partial charge in [-0.3, -0.25) is 14.7 Å². The van der Waals surface area contributed by atoms with Gasteiger partial charge in [-0.1, -0.05) is 12.1 Å². The molecule has 8 heteroatoms. The average molecular weight is 429 g/mol. The summed E-state index contributed by atoms with van der Waals surface area (Å²) in [6, 6.07) is 8.45. The summed E-state index contributed by atoms with van der Waals surface area (Å²) >= 11 is 0. The minimum atomic E-state index is -0.599. The van der Waals surface area contributed by atoms with Gasteiger partial charge in [0.05, 0.1) is 19.3 Å². The number of aromatic hydroxyl groups is 1. The Labute approximate surface area is 181 Å². The van der Waals surface area contributed by atoms with Crippen molar-refractivity contribution >= 4 is 5.91 Å². The molecule has 0 radical (unpaired) electrons. The molecule has 0 spiro atoms. The summed E-state index contributed by atoms with van der Waals surface area (Å²) in [5, 5.41) is 9.95. The smallest absolute Gasteiger partial charge is 0.255 e. The molecule has 2 aliphatic heterocycles. The first-order valence-corrected chi connectivity index (χ1v) is 10.6. The number of halogens is 1. The average Bonchev–Trinajstić information content (AvgIpc) is 2.79. The number of β-lactam (4-membered cyclic amide) rings is 1. The molecule has 166 valence electrons. The van der Waals surface area contributed by atoms with Crippen LogP contribution in [0.3, 0.4) is 0 Å². The number of hydrogen-bond acceptors (Lipinski definition) is 6. The third-order valence-corrected chi connectivity index (χ3v) is 6.13. The zero-order valence-electron chi connectivity index (χ0n) is 17.6. The van der Waals surface area contributed by atoms with E-state index < -0.39 is 11.9 Å². The summed E-state index contributed by atoms with van der Waals surface area (Å²) in [6.07, 6.45) is 4.59. The Morgan fingerprint density at radius 3 is 2.61 bits per heavy atom. The van der Waals surface area contributed by atoms with Gasteiger partial charge in [0.1, 0.15) is 0 Å². The number of nitrogens with zero attached hydrogens (tertiary/aromatic N) is 3. The summed E-state index contributed by atoms with van der Waals surface area (Å²) in [5.41, 5.74) is 1.60. The lowest BCUT2D eigenvalue weighted by Crippen LogP contribution is -2.64. The molecule has 2 aromatic rings. The number of hydrogen-bond donors (Lipinski definition) is 1. The fourth-order valence-corrected chi connectivity index (χ4v) is 4.49. The molecule has 2 saturated heterocycles. The lowest BCUT2D eigenvalue weighted by atomic mass is 9.86. The molecule has 4 rings (SSSR count). The molecule has 0 aliphatic carbocycles. The molecular weight excluding hydrogens is 401 g/mol. The maximum Gasteiger partial charge on any atom is 0.255 e. The standard InChI is InChI=1S/C23H28FN3O4/c1-30-13-14-31-22-20(16-5-9-25-10-6-16)27(23(22)29)18-7-11-26(12-8-18)15-17-3-2-4-19(24)21(17)28/h2-6,9-10,18,20,22,28H,7-8,11-15H2,1H3. The number of aromatic nitrogens is 1. The zero-order chi connectivity index (χ0) is 21.8. The molecule has 1 amide bonds. The van der Waals surface area contributed by atoms with Gasteiger partial charge in [0.25, 0.3) is 5.91 Å². The fraction of sp³-hybridized carbons (Fsp3) is 0.478. The predicted octanol–water partition coefficient (Wildman–Crippen LogP) is 2.51. The number of phenolic OH excluding ortho intramolecular Hbond substituents is 1. The quantitative estimate of drug-likeness (QED) is 0.513. The molecule has 0 bridgehead atoms. The summed E-state index contributed by atoms with van der Waals surface area (Å²) in [4.78, 5) is 21.2. The Balaban J connectivity index is 1.40. The first kappa shape index (κ1) is 21.7. The number of likely N-dealkylation sites (tertiary alicyclic amines) is 2. The van der Waals surface area contributed by atoms with Crippen LogP contribution in [0.5, 0.6) is 5.75 Å². The first-order valence-electron chi connectivity index (χ1n) is 10.6. The molecule has 31 heavy (non-hydrogen) atoms. The topological polar surface area (TPSA) is 75.1 Å². The predicted molar refractivity (Wildman–Crippen MR) is 112 cm³/mol. The van der Waals surface area contributed by atoms with Crippen molar-refractivity contribution in [1.82, 2.24) is 14.8 Å². The van der Waals surface area contributed by atoms with Crippen LogP contribution >= 0.6 is 0 Å². The number of pyridine rings is 1. The second-order valence-corrected chi connectivity index (χ2v) is 8.01. The molecule has 2 aliphatic rings. The largest absolute Gasteiger partial charge is 0.505 e. The monoisotopic (exact) mass is 429 g/mol. The Bertz CT molecular complexity index is 890. The zero-order valence-corrected chi connectivity index (χ0v) is 17.6. The van der Waals surface area contributed by atoms with Gasteiger partial charge >= 0.3 is 0 Å². The van der Waals surface area contributed by atoms with E-state index in [-0.39, 0.29) is 23.7 Å². The number of methoxy groups -OCH3 is 1. The molecule has 2 atom stereocenters.